The van der Waals surface area contributed by atoms with Gasteiger partial charge in [0.1, 0.15) is 5.75 Å². The molecule has 0 spiro atoms. The zero-order chi connectivity index (χ0) is 13.4. The maximum atomic E-state index is 11.5. The second-order valence-electron chi connectivity index (χ2n) is 4.45. The molecule has 102 valence electrons. The van der Waals surface area contributed by atoms with E-state index in [0.29, 0.717) is 12.2 Å². The summed E-state index contributed by atoms with van der Waals surface area (Å²) in [5, 5.41) is 0. The number of unbranched alkanes of at least 4 members (excludes halogenated alkanes) is 2. The third kappa shape index (κ3) is 5.54. The summed E-state index contributed by atoms with van der Waals surface area (Å²) >= 11 is 0. The Labute approximate surface area is 110 Å². The van der Waals surface area contributed by atoms with Gasteiger partial charge in [-0.25, -0.2) is 0 Å². The second-order valence-corrected chi connectivity index (χ2v) is 6.14. The van der Waals surface area contributed by atoms with E-state index in [0.717, 1.165) is 6.42 Å². The van der Waals surface area contributed by atoms with Crippen LogP contribution in [0.2, 0.25) is 0 Å². The monoisotopic (exact) mass is 270 g/mol. The van der Waals surface area contributed by atoms with Crippen LogP contribution in [0, 0.1) is 0 Å². The lowest BCUT2D eigenvalue weighted by Gasteiger charge is -2.06. The Morgan fingerprint density at radius 2 is 1.67 bits per heavy atom. The zero-order valence-electron chi connectivity index (χ0n) is 11.2. The molecule has 1 rings (SSSR count). The summed E-state index contributed by atoms with van der Waals surface area (Å²) in [4.78, 5) is 0. The Hall–Kier alpha value is -1.03. The summed E-state index contributed by atoms with van der Waals surface area (Å²) in [6, 6.07) is 7.34. The van der Waals surface area contributed by atoms with Gasteiger partial charge in [0.25, 0.3) is 0 Å². The number of hydrogen-bond donors (Lipinski definition) is 0. The van der Waals surface area contributed by atoms with Crippen LogP contribution in [0.1, 0.15) is 45.1 Å². The van der Waals surface area contributed by atoms with Gasteiger partial charge in [-0.15, -0.1) is 0 Å². The van der Waals surface area contributed by atoms with Gasteiger partial charge < -0.3 is 4.18 Å². The molecule has 0 atom stereocenters. The van der Waals surface area contributed by atoms with Crippen molar-refractivity contribution in [1.29, 1.82) is 0 Å². The normalized spacial score (nSPS) is 11.4. The molecule has 1 aromatic carbocycles. The van der Waals surface area contributed by atoms with E-state index in [2.05, 4.69) is 6.92 Å². The zero-order valence-corrected chi connectivity index (χ0v) is 12.0. The van der Waals surface area contributed by atoms with Crippen LogP contribution in [-0.2, 0) is 16.5 Å². The molecule has 0 aliphatic rings. The molecule has 18 heavy (non-hydrogen) atoms. The van der Waals surface area contributed by atoms with Crippen molar-refractivity contribution in [2.45, 2.75) is 46.0 Å². The summed E-state index contributed by atoms with van der Waals surface area (Å²) in [7, 11) is -3.42. The highest BCUT2D eigenvalue weighted by Crippen LogP contribution is 2.16. The van der Waals surface area contributed by atoms with Crippen molar-refractivity contribution < 1.29 is 12.6 Å². The van der Waals surface area contributed by atoms with Crippen molar-refractivity contribution in [1.82, 2.24) is 0 Å². The Morgan fingerprint density at radius 3 is 2.22 bits per heavy atom. The minimum Gasteiger partial charge on any atom is -0.382 e. The number of hydrogen-bond acceptors (Lipinski definition) is 3. The van der Waals surface area contributed by atoms with Crippen LogP contribution in [0.15, 0.2) is 24.3 Å². The lowest BCUT2D eigenvalue weighted by molar-refractivity contribution is 0.485. The fraction of sp³-hybridized carbons (Fsp3) is 0.571. The molecule has 0 bridgehead atoms. The minimum absolute atomic E-state index is 0.0608. The van der Waals surface area contributed by atoms with Crippen LogP contribution < -0.4 is 4.18 Å². The van der Waals surface area contributed by atoms with E-state index in [1.807, 2.05) is 19.1 Å². The lowest BCUT2D eigenvalue weighted by atomic mass is 10.1. The van der Waals surface area contributed by atoms with Gasteiger partial charge in [-0.3, -0.25) is 0 Å². The number of benzene rings is 1. The van der Waals surface area contributed by atoms with Crippen LogP contribution in [0.4, 0.5) is 0 Å². The maximum absolute atomic E-state index is 11.5. The van der Waals surface area contributed by atoms with Gasteiger partial charge in [-0.05, 0) is 37.0 Å². The fourth-order valence-corrected chi connectivity index (χ4v) is 2.72. The topological polar surface area (TPSA) is 43.4 Å². The standard InChI is InChI=1S/C14H22O3S/c1-3-5-6-7-13-8-10-14(11-9-13)17-18(15,16)12-4-2/h8-11H,3-7,12H2,1-2H3. The highest BCUT2D eigenvalue weighted by molar-refractivity contribution is 7.87. The van der Waals surface area contributed by atoms with E-state index in [-0.39, 0.29) is 5.75 Å². The Bertz CT molecular complexity index is 435. The molecule has 0 saturated carbocycles. The maximum Gasteiger partial charge on any atom is 0.309 e. The number of rotatable bonds is 8. The number of aryl methyl sites for hydroxylation is 1. The van der Waals surface area contributed by atoms with E-state index in [9.17, 15) is 8.42 Å². The molecule has 0 fully saturated rings. The van der Waals surface area contributed by atoms with E-state index in [1.165, 1.54) is 24.8 Å². The van der Waals surface area contributed by atoms with Gasteiger partial charge in [0.15, 0.2) is 0 Å². The third-order valence-electron chi connectivity index (χ3n) is 2.67. The van der Waals surface area contributed by atoms with Crippen molar-refractivity contribution in [2.75, 3.05) is 5.75 Å². The van der Waals surface area contributed by atoms with Gasteiger partial charge in [-0.2, -0.15) is 8.42 Å². The molecule has 0 unspecified atom stereocenters. The lowest BCUT2D eigenvalue weighted by Crippen LogP contribution is -2.12. The largest absolute Gasteiger partial charge is 0.382 e. The summed E-state index contributed by atoms with van der Waals surface area (Å²) in [5.41, 5.74) is 1.23. The second kappa shape index (κ2) is 7.41. The van der Waals surface area contributed by atoms with Gasteiger partial charge in [-0.1, -0.05) is 38.8 Å². The smallest absolute Gasteiger partial charge is 0.309 e. The molecular weight excluding hydrogens is 248 g/mol. The predicted octanol–water partition coefficient (Wildman–Crippen LogP) is 3.54. The molecular formula is C14H22O3S. The van der Waals surface area contributed by atoms with Crippen molar-refractivity contribution in [3.8, 4) is 5.75 Å². The van der Waals surface area contributed by atoms with Gasteiger partial charge in [0.05, 0.1) is 5.75 Å². The summed E-state index contributed by atoms with van der Waals surface area (Å²) in [6.45, 7) is 3.99. The Balaban J connectivity index is 2.55. The molecule has 0 aliphatic heterocycles. The van der Waals surface area contributed by atoms with E-state index < -0.39 is 10.1 Å². The quantitative estimate of drug-likeness (QED) is 0.536. The van der Waals surface area contributed by atoms with Crippen LogP contribution in [-0.4, -0.2) is 14.2 Å². The molecule has 0 aromatic heterocycles. The molecule has 3 nitrogen and oxygen atoms in total. The van der Waals surface area contributed by atoms with Crippen LogP contribution in [0.25, 0.3) is 0 Å². The Kier molecular flexibility index (Phi) is 6.19. The van der Waals surface area contributed by atoms with E-state index >= 15 is 0 Å². The first-order chi connectivity index (χ1) is 8.57. The fourth-order valence-electron chi connectivity index (χ4n) is 1.73. The first-order valence-corrected chi connectivity index (χ1v) is 8.16. The van der Waals surface area contributed by atoms with Crippen LogP contribution >= 0.6 is 0 Å². The third-order valence-corrected chi connectivity index (χ3v) is 4.02. The predicted molar refractivity (Wildman–Crippen MR) is 74.4 cm³/mol. The van der Waals surface area contributed by atoms with Crippen molar-refractivity contribution in [3.05, 3.63) is 29.8 Å². The molecule has 4 heteroatoms. The van der Waals surface area contributed by atoms with Crippen LogP contribution in [0.3, 0.4) is 0 Å². The van der Waals surface area contributed by atoms with Crippen LogP contribution in [0.5, 0.6) is 5.75 Å². The average molecular weight is 270 g/mol. The van der Waals surface area contributed by atoms with Gasteiger partial charge in [0.2, 0.25) is 0 Å². The van der Waals surface area contributed by atoms with Crippen molar-refractivity contribution in [2.24, 2.45) is 0 Å². The van der Waals surface area contributed by atoms with E-state index in [4.69, 9.17) is 4.18 Å². The molecule has 0 N–H and O–H groups in total. The molecule has 0 heterocycles. The highest BCUT2D eigenvalue weighted by atomic mass is 32.2. The van der Waals surface area contributed by atoms with Gasteiger partial charge in [0, 0.05) is 0 Å². The molecule has 0 aliphatic carbocycles. The first-order valence-electron chi connectivity index (χ1n) is 6.58. The minimum atomic E-state index is -3.42. The summed E-state index contributed by atoms with van der Waals surface area (Å²) < 4.78 is 27.9. The molecule has 0 saturated heterocycles. The van der Waals surface area contributed by atoms with Crippen molar-refractivity contribution in [3.63, 3.8) is 0 Å². The average Bonchev–Trinajstić information content (AvgIpc) is 2.31. The molecule has 0 radical (unpaired) electrons. The summed E-state index contributed by atoms with van der Waals surface area (Å²) in [6.07, 6.45) is 5.21. The summed E-state index contributed by atoms with van der Waals surface area (Å²) in [5.74, 6) is 0.466. The first kappa shape index (κ1) is 15.0. The van der Waals surface area contributed by atoms with Gasteiger partial charge >= 0.3 is 10.1 Å². The SMILES string of the molecule is CCCCCc1ccc(OS(=O)(=O)CCC)cc1. The van der Waals surface area contributed by atoms with E-state index in [1.54, 1.807) is 12.1 Å². The highest BCUT2D eigenvalue weighted by Gasteiger charge is 2.10. The molecule has 0 amide bonds. The molecule has 1 aromatic rings. The van der Waals surface area contributed by atoms with Crippen molar-refractivity contribution >= 4 is 10.1 Å². The Morgan fingerprint density at radius 1 is 1.00 bits per heavy atom.